The third kappa shape index (κ3) is 5.94. The number of carbonyl (C=O) groups excluding carboxylic acids is 4. The fourth-order valence-corrected chi connectivity index (χ4v) is 14.7. The van der Waals surface area contributed by atoms with E-state index in [1.807, 2.05) is 0 Å². The lowest BCUT2D eigenvalue weighted by Crippen LogP contribution is -2.67. The van der Waals surface area contributed by atoms with Crippen LogP contribution in [0.5, 0.6) is 0 Å². The summed E-state index contributed by atoms with van der Waals surface area (Å²) in [6, 6.07) is 7.09. The summed E-state index contributed by atoms with van der Waals surface area (Å²) in [6.07, 6.45) is 15.7. The molecule has 0 bridgehead atoms. The minimum absolute atomic E-state index is 0.00862. The fraction of sp³-hybridized carbons (Fsp3) is 0.745. The maximum absolute atomic E-state index is 14.5. The molecule has 7 rings (SSSR count). The lowest BCUT2D eigenvalue weighted by molar-refractivity contribution is -0.248. The van der Waals surface area contributed by atoms with Crippen molar-refractivity contribution >= 4 is 23.7 Å². The number of nitrogens with one attached hydrogen (secondary N) is 1. The average Bonchev–Trinajstić information content (AvgIpc) is 3.63. The van der Waals surface area contributed by atoms with Gasteiger partial charge in [0.05, 0.1) is 16.5 Å². The van der Waals surface area contributed by atoms with Crippen LogP contribution in [0.4, 0.5) is 0 Å². The first-order valence-electron chi connectivity index (χ1n) is 21.6. The maximum Gasteiger partial charge on any atom is 0.302 e. The molecule has 1 heterocycles. The minimum Gasteiger partial charge on any atom is -0.462 e. The van der Waals surface area contributed by atoms with Crippen LogP contribution in [0.3, 0.4) is 0 Å². The van der Waals surface area contributed by atoms with Crippen molar-refractivity contribution in [2.75, 3.05) is 13.1 Å². The van der Waals surface area contributed by atoms with Crippen LogP contribution in [0.25, 0.3) is 0 Å². The summed E-state index contributed by atoms with van der Waals surface area (Å²) in [4.78, 5) is 53.4. The molecule has 0 unspecified atom stereocenters. The van der Waals surface area contributed by atoms with Gasteiger partial charge < -0.3 is 10.1 Å². The first-order valence-corrected chi connectivity index (χ1v) is 21.6. The molecule has 10 atom stereocenters. The number of hydrogen-bond acceptors (Lipinski definition) is 5. The van der Waals surface area contributed by atoms with Gasteiger partial charge in [-0.05, 0) is 142 Å². The standard InChI is InChI=1S/C47H68N2O5/c1-30(2)32-20-25-47(42(53)48-28-14-10-9-11-15-29-49-40(51)33-16-12-13-17-34(33)41(49)52)27-26-45(7)35(39(32)47)18-19-37-44(6)23-22-38(54-31(3)50)43(4,5)36(44)21-24-46(37,45)8/h12-13,16-17,32,35-39H,1,9-11,14-15,18-29H2,2-8H3,(H,48,53)/t32-,35+,36-,37+,38-,39+,44-,45+,46+,47-/m0/s1. The number of allylic oxidation sites excluding steroid dienone is 1. The van der Waals surface area contributed by atoms with Gasteiger partial charge in [0.25, 0.3) is 11.8 Å². The van der Waals surface area contributed by atoms with E-state index in [-0.39, 0.29) is 56.9 Å². The van der Waals surface area contributed by atoms with Crippen molar-refractivity contribution in [1.82, 2.24) is 10.2 Å². The topological polar surface area (TPSA) is 92.8 Å². The molecule has 1 aromatic carbocycles. The summed E-state index contributed by atoms with van der Waals surface area (Å²) < 4.78 is 5.97. The quantitative estimate of drug-likeness (QED) is 0.106. The van der Waals surface area contributed by atoms with Gasteiger partial charge in [-0.1, -0.05) is 78.2 Å². The molecule has 0 aromatic heterocycles. The highest BCUT2D eigenvalue weighted by molar-refractivity contribution is 6.21. The zero-order valence-electron chi connectivity index (χ0n) is 34.5. The van der Waals surface area contributed by atoms with Gasteiger partial charge in [-0.25, -0.2) is 0 Å². The Morgan fingerprint density at radius 1 is 0.778 bits per heavy atom. The van der Waals surface area contributed by atoms with Crippen molar-refractivity contribution in [3.63, 3.8) is 0 Å². The molecule has 3 amide bonds. The first kappa shape index (κ1) is 39.3. The molecule has 1 aromatic rings. The zero-order valence-corrected chi connectivity index (χ0v) is 34.5. The molecule has 296 valence electrons. The molecule has 54 heavy (non-hydrogen) atoms. The van der Waals surface area contributed by atoms with Gasteiger partial charge in [0.2, 0.25) is 5.91 Å². The van der Waals surface area contributed by atoms with Gasteiger partial charge in [0, 0.05) is 25.4 Å². The molecule has 0 saturated heterocycles. The number of amides is 3. The van der Waals surface area contributed by atoms with Crippen molar-refractivity contribution in [3.8, 4) is 0 Å². The Morgan fingerprint density at radius 3 is 2.11 bits per heavy atom. The van der Waals surface area contributed by atoms with Crippen LogP contribution in [0.1, 0.15) is 165 Å². The number of esters is 1. The number of rotatable bonds is 11. The number of unbranched alkanes of at least 4 members (excludes halogenated alkanes) is 4. The largest absolute Gasteiger partial charge is 0.462 e. The SMILES string of the molecule is C=C(C)[C@@H]1CC[C@]2(C(=O)NCCCCCCCN3C(=O)c4ccccc4C3=O)CC[C@]3(C)[C@H](CC[C@@H]4[C@@]5(C)CC[C@H](OC(C)=O)C(C)(C)[C@@H]5CC[C@]43C)[C@@H]12. The first-order chi connectivity index (χ1) is 25.5. The Morgan fingerprint density at radius 2 is 1.44 bits per heavy atom. The van der Waals surface area contributed by atoms with Crippen LogP contribution in [0.15, 0.2) is 36.4 Å². The predicted octanol–water partition coefficient (Wildman–Crippen LogP) is 9.94. The second kappa shape index (κ2) is 14.2. The van der Waals surface area contributed by atoms with Crippen molar-refractivity contribution in [2.45, 2.75) is 151 Å². The number of imide groups is 1. The molecular formula is C47H68N2O5. The van der Waals surface area contributed by atoms with Crippen LogP contribution < -0.4 is 5.32 Å². The lowest BCUT2D eigenvalue weighted by atomic mass is 9.32. The van der Waals surface area contributed by atoms with E-state index in [0.29, 0.717) is 53.8 Å². The summed E-state index contributed by atoms with van der Waals surface area (Å²) >= 11 is 0. The van der Waals surface area contributed by atoms with Gasteiger partial charge in [-0.3, -0.25) is 24.1 Å². The average molecular weight is 741 g/mol. The zero-order chi connectivity index (χ0) is 38.8. The van der Waals surface area contributed by atoms with Crippen LogP contribution in [0, 0.1) is 56.7 Å². The molecule has 5 aliphatic carbocycles. The van der Waals surface area contributed by atoms with Gasteiger partial charge in [-0.2, -0.15) is 0 Å². The van der Waals surface area contributed by atoms with E-state index in [4.69, 9.17) is 4.74 Å². The van der Waals surface area contributed by atoms with E-state index >= 15 is 0 Å². The maximum atomic E-state index is 14.5. The number of benzene rings is 1. The van der Waals surface area contributed by atoms with Crippen LogP contribution in [-0.4, -0.2) is 47.8 Å². The third-order valence-corrected chi connectivity index (χ3v) is 17.5. The minimum atomic E-state index is -0.311. The fourth-order valence-electron chi connectivity index (χ4n) is 14.7. The lowest BCUT2D eigenvalue weighted by Gasteiger charge is -2.72. The molecule has 7 heteroatoms. The predicted molar refractivity (Wildman–Crippen MR) is 212 cm³/mol. The van der Waals surface area contributed by atoms with Gasteiger partial charge in [0.15, 0.2) is 0 Å². The van der Waals surface area contributed by atoms with Gasteiger partial charge in [-0.15, -0.1) is 0 Å². The van der Waals surface area contributed by atoms with Crippen molar-refractivity contribution < 1.29 is 23.9 Å². The summed E-state index contributed by atoms with van der Waals surface area (Å²) in [5.74, 6) is 2.19. The molecular weight excluding hydrogens is 673 g/mol. The molecule has 0 spiro atoms. The summed E-state index contributed by atoms with van der Waals surface area (Å²) in [6.45, 7) is 22.1. The van der Waals surface area contributed by atoms with Gasteiger partial charge >= 0.3 is 5.97 Å². The molecule has 0 radical (unpaired) electrons. The molecule has 5 saturated carbocycles. The number of hydrogen-bond donors (Lipinski definition) is 1. The van der Waals surface area contributed by atoms with E-state index in [9.17, 15) is 19.2 Å². The Kier molecular flexibility index (Phi) is 10.3. The van der Waals surface area contributed by atoms with E-state index < -0.39 is 0 Å². The summed E-state index contributed by atoms with van der Waals surface area (Å²) in [7, 11) is 0. The summed E-state index contributed by atoms with van der Waals surface area (Å²) in [5.41, 5.74) is 2.52. The number of nitrogens with zero attached hydrogens (tertiary/aromatic N) is 1. The van der Waals surface area contributed by atoms with Crippen molar-refractivity contribution in [3.05, 3.63) is 47.5 Å². The van der Waals surface area contributed by atoms with Crippen molar-refractivity contribution in [1.29, 1.82) is 0 Å². The summed E-state index contributed by atoms with van der Waals surface area (Å²) in [5, 5.41) is 3.47. The second-order valence-electron chi connectivity index (χ2n) is 20.1. The van der Waals surface area contributed by atoms with E-state index in [1.54, 1.807) is 31.2 Å². The second-order valence-corrected chi connectivity index (χ2v) is 20.1. The highest BCUT2D eigenvalue weighted by Gasteiger charge is 2.72. The number of fused-ring (bicyclic) bond motifs is 8. The molecule has 1 N–H and O–H groups in total. The monoisotopic (exact) mass is 741 g/mol. The molecule has 5 fully saturated rings. The Bertz CT molecular complexity index is 1650. The Balaban J connectivity index is 0.975. The normalized spacial score (nSPS) is 39.1. The van der Waals surface area contributed by atoms with Crippen LogP contribution >= 0.6 is 0 Å². The molecule has 6 aliphatic rings. The van der Waals surface area contributed by atoms with E-state index in [1.165, 1.54) is 36.2 Å². The Labute approximate surface area is 325 Å². The molecule has 1 aliphatic heterocycles. The highest BCUT2D eigenvalue weighted by atomic mass is 16.5. The van der Waals surface area contributed by atoms with Crippen molar-refractivity contribution in [2.24, 2.45) is 56.7 Å². The number of carbonyl (C=O) groups is 4. The van der Waals surface area contributed by atoms with E-state index in [2.05, 4.69) is 53.4 Å². The smallest absolute Gasteiger partial charge is 0.302 e. The van der Waals surface area contributed by atoms with E-state index in [0.717, 1.165) is 70.6 Å². The molecule has 7 nitrogen and oxygen atoms in total. The number of ether oxygens (including phenoxy) is 1. The van der Waals surface area contributed by atoms with Gasteiger partial charge in [0.1, 0.15) is 6.10 Å². The van der Waals surface area contributed by atoms with Crippen LogP contribution in [0.2, 0.25) is 0 Å². The Hall–Kier alpha value is -2.96. The van der Waals surface area contributed by atoms with Crippen LogP contribution in [-0.2, 0) is 14.3 Å². The third-order valence-electron chi connectivity index (χ3n) is 17.5. The highest BCUT2D eigenvalue weighted by Crippen LogP contribution is 2.77.